The van der Waals surface area contributed by atoms with Crippen molar-refractivity contribution in [1.82, 2.24) is 9.13 Å². The molecule has 0 radical (unpaired) electrons. The van der Waals surface area contributed by atoms with Gasteiger partial charge >= 0.3 is 11.0 Å². The largest absolute Gasteiger partial charge is 0.480 e. The maximum absolute atomic E-state index is 11.4. The first-order chi connectivity index (χ1) is 15.0. The Bertz CT molecular complexity index is 1060. The summed E-state index contributed by atoms with van der Waals surface area (Å²) in [5.74, 6) is 0. The minimum Gasteiger partial charge on any atom is -0.421 e. The molecule has 0 saturated carbocycles. The van der Waals surface area contributed by atoms with E-state index in [0.717, 1.165) is 30.1 Å². The predicted molar refractivity (Wildman–Crippen MR) is 105 cm³/mol. The second-order valence-electron chi connectivity index (χ2n) is 6.19. The summed E-state index contributed by atoms with van der Waals surface area (Å²) in [6, 6.07) is 0. The SMILES string of the molecule is C=Cn1cc[n+](CCCC[n+]2ccn(C=C)c2)c1.O=S(=O)([N-]S(=O)(=O)C(F)(F)F)C(F)(F)F. The van der Waals surface area contributed by atoms with Crippen LogP contribution in [0.5, 0.6) is 0 Å². The molecule has 0 N–H and O–H groups in total. The van der Waals surface area contributed by atoms with Crippen molar-refractivity contribution in [1.29, 1.82) is 0 Å². The number of sulfonamides is 2. The molecule has 2 rings (SSSR count). The lowest BCUT2D eigenvalue weighted by Crippen LogP contribution is -2.33. The Labute approximate surface area is 186 Å². The second-order valence-corrected chi connectivity index (χ2v) is 9.61. The fourth-order valence-corrected chi connectivity index (χ4v) is 3.81. The molecule has 2 aromatic heterocycles. The van der Waals surface area contributed by atoms with Crippen LogP contribution in [-0.4, -0.2) is 37.0 Å². The normalized spacial score (nSPS) is 12.7. The number of aryl methyl sites for hydroxylation is 2. The molecule has 0 unspecified atom stereocenters. The highest BCUT2D eigenvalue weighted by Gasteiger charge is 2.46. The Morgan fingerprint density at radius 2 is 1.09 bits per heavy atom. The molecule has 0 aliphatic rings. The number of alkyl halides is 6. The molecule has 0 atom stereocenters. The third-order valence-corrected chi connectivity index (χ3v) is 6.45. The minimum atomic E-state index is -6.72. The Hall–Kier alpha value is -2.66. The van der Waals surface area contributed by atoms with E-state index in [-0.39, 0.29) is 0 Å². The number of aromatic nitrogens is 4. The maximum atomic E-state index is 11.4. The summed E-state index contributed by atoms with van der Waals surface area (Å²) in [5.41, 5.74) is -12.4. The van der Waals surface area contributed by atoms with Crippen LogP contribution in [0.3, 0.4) is 0 Å². The first-order valence-electron chi connectivity index (χ1n) is 8.77. The van der Waals surface area contributed by atoms with E-state index in [9.17, 15) is 43.2 Å². The zero-order valence-corrected chi connectivity index (χ0v) is 18.4. The Balaban J connectivity index is 0.000000337. The number of hydrogen-bond donors (Lipinski definition) is 0. The van der Waals surface area contributed by atoms with Crippen molar-refractivity contribution in [2.45, 2.75) is 36.9 Å². The summed E-state index contributed by atoms with van der Waals surface area (Å²) in [5, 5.41) is 0. The van der Waals surface area contributed by atoms with Crippen molar-refractivity contribution in [3.05, 3.63) is 54.7 Å². The molecule has 0 aliphatic carbocycles. The van der Waals surface area contributed by atoms with Crippen molar-refractivity contribution in [2.24, 2.45) is 0 Å². The van der Waals surface area contributed by atoms with Gasteiger partial charge in [0.05, 0.1) is 25.5 Å². The van der Waals surface area contributed by atoms with E-state index < -0.39 is 31.1 Å². The average Bonchev–Trinajstić information content (AvgIpc) is 3.32. The topological polar surface area (TPSA) is 100 Å². The lowest BCUT2D eigenvalue weighted by Gasteiger charge is -2.22. The van der Waals surface area contributed by atoms with Gasteiger partial charge in [0, 0.05) is 0 Å². The molecule has 0 fully saturated rings. The van der Waals surface area contributed by atoms with Crippen LogP contribution in [0, 0.1) is 0 Å². The van der Waals surface area contributed by atoms with Gasteiger partial charge in [0.2, 0.25) is 12.7 Å². The van der Waals surface area contributed by atoms with Crippen LogP contribution in [0.2, 0.25) is 0 Å². The molecule has 0 amide bonds. The van der Waals surface area contributed by atoms with E-state index in [0.29, 0.717) is 0 Å². The molecule has 186 valence electrons. The Morgan fingerprint density at radius 3 is 1.33 bits per heavy atom. The van der Waals surface area contributed by atoms with Gasteiger partial charge < -0.3 is 4.13 Å². The summed E-state index contributed by atoms with van der Waals surface area (Å²) in [6.07, 6.45) is 18.2. The number of hydrogen-bond acceptors (Lipinski definition) is 4. The van der Waals surface area contributed by atoms with Crippen LogP contribution in [-0.2, 0) is 33.1 Å². The number of rotatable bonds is 9. The van der Waals surface area contributed by atoms with Crippen LogP contribution < -0.4 is 9.13 Å². The van der Waals surface area contributed by atoms with Gasteiger partial charge in [0.25, 0.3) is 0 Å². The number of halogens is 6. The molecule has 2 heterocycles. The van der Waals surface area contributed by atoms with Crippen LogP contribution in [0.1, 0.15) is 12.8 Å². The molecule has 2 aromatic rings. The van der Waals surface area contributed by atoms with Gasteiger partial charge in [-0.15, -0.1) is 0 Å². The van der Waals surface area contributed by atoms with Crippen LogP contribution in [0.4, 0.5) is 26.3 Å². The maximum Gasteiger partial charge on any atom is 0.480 e. The summed E-state index contributed by atoms with van der Waals surface area (Å²) in [6.45, 7) is 9.54. The van der Waals surface area contributed by atoms with Crippen molar-refractivity contribution >= 4 is 32.4 Å². The minimum absolute atomic E-state index is 0.778. The van der Waals surface area contributed by atoms with E-state index in [2.05, 4.69) is 34.7 Å². The molecule has 33 heavy (non-hydrogen) atoms. The molecule has 0 aromatic carbocycles. The zero-order valence-electron chi connectivity index (χ0n) is 16.8. The standard InChI is InChI=1S/C14H20N4.C2F6NO4S2/c1-3-15-9-11-17(13-15)7-5-6-8-18-12-10-16(4-2)14-18;3-1(4,5)14(10,11)9-15(12,13)2(6,7)8/h3-4,9-14H,1-2,5-8H2;/q+2;-1. The van der Waals surface area contributed by atoms with Crippen LogP contribution in [0.25, 0.3) is 16.5 Å². The molecule has 0 spiro atoms. The monoisotopic (exact) mass is 524 g/mol. The quantitative estimate of drug-likeness (QED) is 0.286. The predicted octanol–water partition coefficient (Wildman–Crippen LogP) is 2.61. The highest BCUT2D eigenvalue weighted by atomic mass is 32.3. The van der Waals surface area contributed by atoms with Gasteiger partial charge in [-0.3, -0.25) is 0 Å². The van der Waals surface area contributed by atoms with Crippen molar-refractivity contribution < 1.29 is 52.3 Å². The smallest absolute Gasteiger partial charge is 0.421 e. The lowest BCUT2D eigenvalue weighted by molar-refractivity contribution is -0.707. The second kappa shape index (κ2) is 11.0. The van der Waals surface area contributed by atoms with E-state index in [1.807, 2.05) is 34.2 Å². The van der Waals surface area contributed by atoms with E-state index in [1.54, 1.807) is 12.4 Å². The molecule has 0 aliphatic heterocycles. The molecule has 0 bridgehead atoms. The highest BCUT2D eigenvalue weighted by Crippen LogP contribution is 2.36. The van der Waals surface area contributed by atoms with Crippen molar-refractivity contribution in [2.75, 3.05) is 0 Å². The summed E-state index contributed by atoms with van der Waals surface area (Å²) in [4.78, 5) is 0. The van der Waals surface area contributed by atoms with Gasteiger partial charge in [0.1, 0.15) is 24.8 Å². The fraction of sp³-hybridized carbons (Fsp3) is 0.375. The zero-order chi connectivity index (χ0) is 25.5. The molecular weight excluding hydrogens is 504 g/mol. The van der Waals surface area contributed by atoms with Crippen molar-refractivity contribution in [3.63, 3.8) is 0 Å². The number of nitrogens with zero attached hydrogens (tertiary/aromatic N) is 5. The van der Waals surface area contributed by atoms with Crippen molar-refractivity contribution in [3.8, 4) is 0 Å². The summed E-state index contributed by atoms with van der Waals surface area (Å²) >= 11 is 0. The molecule has 9 nitrogen and oxygen atoms in total. The van der Waals surface area contributed by atoms with Crippen LogP contribution in [0.15, 0.2) is 50.6 Å². The van der Waals surface area contributed by atoms with E-state index >= 15 is 0 Å². The van der Waals surface area contributed by atoms with Gasteiger partial charge in [-0.2, -0.15) is 26.3 Å². The Morgan fingerprint density at radius 1 is 0.758 bits per heavy atom. The van der Waals surface area contributed by atoms with Crippen LogP contribution >= 0.6 is 0 Å². The highest BCUT2D eigenvalue weighted by molar-refractivity contribution is 8.13. The number of unbranched alkanes of at least 4 members (excludes halogenated alkanes) is 1. The van der Waals surface area contributed by atoms with Gasteiger partial charge in [-0.05, 0) is 12.8 Å². The van der Waals surface area contributed by atoms with E-state index in [4.69, 9.17) is 0 Å². The molecule has 17 heteroatoms. The average molecular weight is 524 g/mol. The Kier molecular flexibility index (Phi) is 9.43. The van der Waals surface area contributed by atoms with Gasteiger partial charge in [-0.25, -0.2) is 35.1 Å². The summed E-state index contributed by atoms with van der Waals surface area (Å²) < 4.78 is 117. The first-order valence-corrected chi connectivity index (χ1v) is 11.7. The lowest BCUT2D eigenvalue weighted by atomic mass is 10.3. The first kappa shape index (κ1) is 28.4. The fourth-order valence-electron chi connectivity index (χ4n) is 2.10. The third-order valence-electron chi connectivity index (χ3n) is 3.71. The van der Waals surface area contributed by atoms with Gasteiger partial charge in [-0.1, -0.05) is 13.2 Å². The summed E-state index contributed by atoms with van der Waals surface area (Å²) in [7, 11) is -13.4. The van der Waals surface area contributed by atoms with Gasteiger partial charge in [0.15, 0.2) is 20.0 Å². The van der Waals surface area contributed by atoms with E-state index in [1.165, 1.54) is 0 Å². The molecular formula is C16H20F6N5O4S2+. The number of imidazole rings is 2. The molecule has 0 saturated heterocycles. The third kappa shape index (κ3) is 8.65.